The summed E-state index contributed by atoms with van der Waals surface area (Å²) in [4.78, 5) is 17.1. The van der Waals surface area contributed by atoms with E-state index in [4.69, 9.17) is 25.8 Å². The largest absolute Gasteiger partial charge is 0.493 e. The molecule has 2 aromatic carbocycles. The van der Waals surface area contributed by atoms with Gasteiger partial charge in [0, 0.05) is 11.5 Å². The molecule has 0 spiro atoms. The predicted molar refractivity (Wildman–Crippen MR) is 119 cm³/mol. The number of anilines is 1. The van der Waals surface area contributed by atoms with Gasteiger partial charge in [0.2, 0.25) is 5.91 Å². The number of carbonyl (C=O) groups excluding carboxylic acids is 1. The molecule has 160 valence electrons. The number of halogens is 1. The summed E-state index contributed by atoms with van der Waals surface area (Å²) in [5, 5.41) is 3.21. The number of benzene rings is 2. The lowest BCUT2D eigenvalue weighted by Crippen LogP contribution is -2.26. The number of pyridine rings is 1. The van der Waals surface area contributed by atoms with E-state index in [-0.39, 0.29) is 11.8 Å². The molecule has 1 aromatic heterocycles. The van der Waals surface area contributed by atoms with Crippen molar-refractivity contribution in [1.82, 2.24) is 4.98 Å². The monoisotopic (exact) mass is 438 g/mol. The van der Waals surface area contributed by atoms with E-state index in [9.17, 15) is 4.79 Å². The lowest BCUT2D eigenvalue weighted by atomic mass is 9.93. The summed E-state index contributed by atoms with van der Waals surface area (Å²) < 4.78 is 16.8. The van der Waals surface area contributed by atoms with Gasteiger partial charge in [-0.05, 0) is 36.2 Å². The third-order valence-electron chi connectivity index (χ3n) is 5.56. The molecule has 3 aromatic rings. The number of nitrogens with one attached hydrogen (secondary N) is 1. The van der Waals surface area contributed by atoms with Crippen molar-refractivity contribution in [2.45, 2.75) is 11.8 Å². The highest BCUT2D eigenvalue weighted by molar-refractivity contribution is 6.29. The maximum Gasteiger partial charge on any atom is 0.229 e. The number of ether oxygens (including phenoxy) is 3. The first kappa shape index (κ1) is 21.0. The van der Waals surface area contributed by atoms with Crippen LogP contribution in [0.3, 0.4) is 0 Å². The number of amides is 1. The summed E-state index contributed by atoms with van der Waals surface area (Å²) in [6, 6.07) is 20.5. The molecule has 7 heteroatoms. The Labute approximate surface area is 186 Å². The number of methoxy groups -OCH3 is 2. The van der Waals surface area contributed by atoms with Gasteiger partial charge in [-0.1, -0.05) is 48.0 Å². The number of hydrogen-bond acceptors (Lipinski definition) is 5. The van der Waals surface area contributed by atoms with Gasteiger partial charge in [-0.15, -0.1) is 0 Å². The molecule has 2 unspecified atom stereocenters. The number of aromatic nitrogens is 1. The summed E-state index contributed by atoms with van der Waals surface area (Å²) in [6.07, 6.45) is 0.677. The van der Waals surface area contributed by atoms with Crippen LogP contribution in [-0.4, -0.2) is 31.7 Å². The molecule has 0 bridgehead atoms. The quantitative estimate of drug-likeness (QED) is 0.515. The van der Waals surface area contributed by atoms with Crippen molar-refractivity contribution in [3.63, 3.8) is 0 Å². The summed E-state index contributed by atoms with van der Waals surface area (Å²) >= 11 is 5.94. The Morgan fingerprint density at radius 2 is 1.84 bits per heavy atom. The first-order valence-electron chi connectivity index (χ1n) is 9.89. The topological polar surface area (TPSA) is 69.7 Å². The fourth-order valence-electron chi connectivity index (χ4n) is 3.79. The zero-order valence-corrected chi connectivity index (χ0v) is 18.1. The maximum atomic E-state index is 13.0. The van der Waals surface area contributed by atoms with Crippen LogP contribution in [0.4, 0.5) is 5.82 Å². The van der Waals surface area contributed by atoms with Crippen LogP contribution in [0, 0.1) is 5.92 Å². The zero-order chi connectivity index (χ0) is 21.8. The van der Waals surface area contributed by atoms with Gasteiger partial charge in [-0.25, -0.2) is 4.98 Å². The van der Waals surface area contributed by atoms with Crippen molar-refractivity contribution in [2.24, 2.45) is 5.92 Å². The van der Waals surface area contributed by atoms with Crippen molar-refractivity contribution >= 4 is 23.3 Å². The van der Waals surface area contributed by atoms with E-state index in [0.29, 0.717) is 41.2 Å². The molecule has 1 N–H and O–H groups in total. The van der Waals surface area contributed by atoms with Gasteiger partial charge >= 0.3 is 0 Å². The lowest BCUT2D eigenvalue weighted by Gasteiger charge is -2.19. The molecular formula is C24H23ClN2O4. The molecular weight excluding hydrogens is 416 g/mol. The van der Waals surface area contributed by atoms with Gasteiger partial charge in [-0.2, -0.15) is 0 Å². The van der Waals surface area contributed by atoms with E-state index in [1.165, 1.54) is 0 Å². The molecule has 1 saturated carbocycles. The van der Waals surface area contributed by atoms with Crippen LogP contribution in [-0.2, 0) is 10.2 Å². The Balaban J connectivity index is 1.53. The van der Waals surface area contributed by atoms with Crippen molar-refractivity contribution < 1.29 is 19.0 Å². The maximum absolute atomic E-state index is 13.0. The van der Waals surface area contributed by atoms with Gasteiger partial charge in [-0.3, -0.25) is 4.79 Å². The van der Waals surface area contributed by atoms with E-state index < -0.39 is 5.41 Å². The van der Waals surface area contributed by atoms with Crippen molar-refractivity contribution in [3.8, 4) is 17.2 Å². The number of nitrogens with zero attached hydrogens (tertiary/aromatic N) is 1. The molecule has 31 heavy (non-hydrogen) atoms. The second-order valence-electron chi connectivity index (χ2n) is 7.42. The highest BCUT2D eigenvalue weighted by atomic mass is 35.5. The highest BCUT2D eigenvalue weighted by Crippen LogP contribution is 2.55. The molecule has 0 aliphatic heterocycles. The molecule has 4 rings (SSSR count). The van der Waals surface area contributed by atoms with Gasteiger partial charge in [0.1, 0.15) is 16.7 Å². The Hall–Kier alpha value is -3.25. The van der Waals surface area contributed by atoms with Crippen LogP contribution >= 0.6 is 11.6 Å². The Morgan fingerprint density at radius 3 is 2.55 bits per heavy atom. The molecule has 1 fully saturated rings. The fourth-order valence-corrected chi connectivity index (χ4v) is 3.95. The highest BCUT2D eigenvalue weighted by Gasteiger charge is 2.60. The average Bonchev–Trinajstić information content (AvgIpc) is 3.54. The van der Waals surface area contributed by atoms with E-state index in [1.54, 1.807) is 44.6 Å². The standard InChI is InChI=1S/C24H23ClN2O4/c1-29-19-12-11-17(13-20(19)30-2)31-15-24(16-7-4-3-5-8-16)14-18(24)23(28)27-22-10-6-9-21(25)26-22/h3-13,18H,14-15H2,1-2H3,(H,26,27,28). The van der Waals surface area contributed by atoms with Crippen molar-refractivity contribution in [3.05, 3.63) is 77.4 Å². The summed E-state index contributed by atoms with van der Waals surface area (Å²) in [5.74, 6) is 1.96. The summed E-state index contributed by atoms with van der Waals surface area (Å²) in [6.45, 7) is 0.355. The zero-order valence-electron chi connectivity index (χ0n) is 17.3. The second kappa shape index (κ2) is 8.86. The fraction of sp³-hybridized carbons (Fsp3) is 0.250. The van der Waals surface area contributed by atoms with Gasteiger partial charge < -0.3 is 19.5 Å². The number of carbonyl (C=O) groups is 1. The third kappa shape index (κ3) is 4.44. The van der Waals surface area contributed by atoms with Gasteiger partial charge in [0.15, 0.2) is 11.5 Å². The second-order valence-corrected chi connectivity index (χ2v) is 7.81. The van der Waals surface area contributed by atoms with Crippen LogP contribution in [0.25, 0.3) is 0 Å². The molecule has 6 nitrogen and oxygen atoms in total. The van der Waals surface area contributed by atoms with Crippen LogP contribution in [0.1, 0.15) is 12.0 Å². The first-order valence-corrected chi connectivity index (χ1v) is 10.3. The molecule has 1 aliphatic rings. The summed E-state index contributed by atoms with van der Waals surface area (Å²) in [5.41, 5.74) is 0.645. The minimum absolute atomic E-state index is 0.102. The van der Waals surface area contributed by atoms with Crippen LogP contribution < -0.4 is 19.5 Å². The van der Waals surface area contributed by atoms with E-state index in [2.05, 4.69) is 10.3 Å². The third-order valence-corrected chi connectivity index (χ3v) is 5.77. The first-order chi connectivity index (χ1) is 15.1. The molecule has 1 amide bonds. The minimum Gasteiger partial charge on any atom is -0.493 e. The SMILES string of the molecule is COc1ccc(OCC2(c3ccccc3)CC2C(=O)Nc2cccc(Cl)n2)cc1OC. The summed E-state index contributed by atoms with van der Waals surface area (Å²) in [7, 11) is 3.17. The van der Waals surface area contributed by atoms with Crippen LogP contribution in [0.2, 0.25) is 5.15 Å². The van der Waals surface area contributed by atoms with E-state index in [0.717, 1.165) is 5.56 Å². The Bertz CT molecular complexity index is 1080. The molecule has 0 radical (unpaired) electrons. The molecule has 2 atom stereocenters. The van der Waals surface area contributed by atoms with E-state index in [1.807, 2.05) is 36.4 Å². The van der Waals surface area contributed by atoms with Gasteiger partial charge in [0.25, 0.3) is 0 Å². The smallest absolute Gasteiger partial charge is 0.229 e. The van der Waals surface area contributed by atoms with Crippen LogP contribution in [0.5, 0.6) is 17.2 Å². The Kier molecular flexibility index (Phi) is 6.00. The minimum atomic E-state index is -0.420. The number of rotatable bonds is 8. The number of hydrogen-bond donors (Lipinski definition) is 1. The molecule has 1 aliphatic carbocycles. The lowest BCUT2D eigenvalue weighted by molar-refractivity contribution is -0.117. The van der Waals surface area contributed by atoms with Crippen LogP contribution in [0.15, 0.2) is 66.7 Å². The van der Waals surface area contributed by atoms with Gasteiger partial charge in [0.05, 0.1) is 26.7 Å². The van der Waals surface area contributed by atoms with Crippen molar-refractivity contribution in [2.75, 3.05) is 26.1 Å². The molecule has 1 heterocycles. The van der Waals surface area contributed by atoms with E-state index >= 15 is 0 Å². The normalized spacial score (nSPS) is 19.4. The van der Waals surface area contributed by atoms with Crippen molar-refractivity contribution in [1.29, 1.82) is 0 Å². The molecule has 0 saturated heterocycles. The predicted octanol–water partition coefficient (Wildman–Crippen LogP) is 4.73. The Morgan fingerprint density at radius 1 is 1.06 bits per heavy atom. The average molecular weight is 439 g/mol.